The number of piperidine rings is 1. The molecule has 1 aromatic carbocycles. The molecule has 3 rings (SSSR count). The molecule has 2 aliphatic rings. The van der Waals surface area contributed by atoms with Gasteiger partial charge < -0.3 is 10.2 Å². The van der Waals surface area contributed by atoms with Gasteiger partial charge in [0, 0.05) is 23.6 Å². The molecule has 4 heteroatoms. The zero-order valence-corrected chi connectivity index (χ0v) is 13.2. The molecule has 20 heavy (non-hydrogen) atoms. The fraction of sp³-hybridized carbons (Fsp3) is 0.562. The maximum Gasteiger partial charge on any atom is 0.101 e. The third-order valence-electron chi connectivity index (χ3n) is 4.55. The van der Waals surface area contributed by atoms with Gasteiger partial charge in [-0.05, 0) is 56.3 Å². The van der Waals surface area contributed by atoms with Crippen molar-refractivity contribution >= 4 is 21.6 Å². The van der Waals surface area contributed by atoms with Crippen molar-refractivity contribution in [3.05, 3.63) is 28.2 Å². The smallest absolute Gasteiger partial charge is 0.101 e. The van der Waals surface area contributed by atoms with E-state index >= 15 is 0 Å². The van der Waals surface area contributed by atoms with E-state index in [0.29, 0.717) is 6.04 Å². The van der Waals surface area contributed by atoms with Gasteiger partial charge in [-0.15, -0.1) is 0 Å². The molecule has 3 nitrogen and oxygen atoms in total. The lowest BCUT2D eigenvalue weighted by Gasteiger charge is -2.37. The van der Waals surface area contributed by atoms with Crippen LogP contribution in [-0.4, -0.2) is 25.7 Å². The minimum Gasteiger partial charge on any atom is -0.370 e. The van der Waals surface area contributed by atoms with Crippen molar-refractivity contribution in [1.29, 1.82) is 5.26 Å². The Labute approximate surface area is 129 Å². The van der Waals surface area contributed by atoms with Gasteiger partial charge in [0.1, 0.15) is 6.07 Å². The van der Waals surface area contributed by atoms with Crippen molar-refractivity contribution in [3.8, 4) is 6.07 Å². The first kappa shape index (κ1) is 13.9. The largest absolute Gasteiger partial charge is 0.370 e. The van der Waals surface area contributed by atoms with Gasteiger partial charge in [0.2, 0.25) is 0 Å². The minimum atomic E-state index is 0.676. The van der Waals surface area contributed by atoms with E-state index in [2.05, 4.69) is 38.3 Å². The van der Waals surface area contributed by atoms with Crippen LogP contribution in [0.25, 0.3) is 0 Å². The second-order valence-electron chi connectivity index (χ2n) is 5.82. The molecule has 0 bridgehead atoms. The lowest BCUT2D eigenvalue weighted by molar-refractivity contribution is 0.329. The van der Waals surface area contributed by atoms with Crippen LogP contribution in [0.15, 0.2) is 22.7 Å². The highest BCUT2D eigenvalue weighted by molar-refractivity contribution is 9.10. The molecule has 0 aliphatic carbocycles. The van der Waals surface area contributed by atoms with Crippen LogP contribution < -0.4 is 10.2 Å². The zero-order valence-electron chi connectivity index (χ0n) is 11.6. The van der Waals surface area contributed by atoms with Crippen LogP contribution in [-0.2, 0) is 0 Å². The Morgan fingerprint density at radius 3 is 2.95 bits per heavy atom. The predicted octanol–water partition coefficient (Wildman–Crippen LogP) is 3.29. The summed E-state index contributed by atoms with van der Waals surface area (Å²) in [6.45, 7) is 3.30. The summed E-state index contributed by atoms with van der Waals surface area (Å²) in [6, 6.07) is 8.95. The van der Waals surface area contributed by atoms with Crippen LogP contribution in [0.4, 0.5) is 5.69 Å². The quantitative estimate of drug-likeness (QED) is 0.902. The molecular weight excluding hydrogens is 314 g/mol. The average molecular weight is 334 g/mol. The Bertz CT molecular complexity index is 517. The van der Waals surface area contributed by atoms with Crippen LogP contribution in [0.5, 0.6) is 0 Å². The van der Waals surface area contributed by atoms with Gasteiger partial charge in [0.15, 0.2) is 0 Å². The third-order valence-corrected chi connectivity index (χ3v) is 5.04. The SMILES string of the molecule is N#Cc1ccc(Br)cc1N1CCCC(C2CCCN2)C1. The van der Waals surface area contributed by atoms with Crippen LogP contribution >= 0.6 is 15.9 Å². The first-order valence-corrected chi connectivity index (χ1v) is 8.25. The molecule has 2 saturated heterocycles. The molecule has 0 spiro atoms. The second kappa shape index (κ2) is 6.15. The summed E-state index contributed by atoms with van der Waals surface area (Å²) >= 11 is 3.53. The number of nitrogens with one attached hydrogen (secondary N) is 1. The number of rotatable bonds is 2. The fourth-order valence-corrected chi connectivity index (χ4v) is 3.88. The molecule has 106 valence electrons. The summed E-state index contributed by atoms with van der Waals surface area (Å²) in [7, 11) is 0. The molecule has 0 radical (unpaired) electrons. The van der Waals surface area contributed by atoms with E-state index in [1.165, 1.54) is 32.2 Å². The predicted molar refractivity (Wildman–Crippen MR) is 84.8 cm³/mol. The second-order valence-corrected chi connectivity index (χ2v) is 6.74. The summed E-state index contributed by atoms with van der Waals surface area (Å²) in [5.74, 6) is 0.719. The highest BCUT2D eigenvalue weighted by atomic mass is 79.9. The zero-order chi connectivity index (χ0) is 13.9. The van der Waals surface area contributed by atoms with Crippen LogP contribution in [0, 0.1) is 17.2 Å². The van der Waals surface area contributed by atoms with Crippen molar-refractivity contribution in [2.45, 2.75) is 31.7 Å². The lowest BCUT2D eigenvalue weighted by atomic mass is 9.89. The number of nitrogens with zero attached hydrogens (tertiary/aromatic N) is 2. The topological polar surface area (TPSA) is 39.1 Å². The van der Waals surface area contributed by atoms with Crippen LogP contribution in [0.1, 0.15) is 31.2 Å². The Hall–Kier alpha value is -1.05. The van der Waals surface area contributed by atoms with E-state index in [9.17, 15) is 5.26 Å². The summed E-state index contributed by atoms with van der Waals surface area (Å²) < 4.78 is 1.05. The van der Waals surface area contributed by atoms with Gasteiger partial charge in [0.25, 0.3) is 0 Å². The molecule has 2 aliphatic heterocycles. The van der Waals surface area contributed by atoms with Crippen molar-refractivity contribution in [2.24, 2.45) is 5.92 Å². The number of benzene rings is 1. The lowest BCUT2D eigenvalue weighted by Crippen LogP contribution is -2.43. The van der Waals surface area contributed by atoms with Gasteiger partial charge >= 0.3 is 0 Å². The first-order valence-electron chi connectivity index (χ1n) is 7.46. The van der Waals surface area contributed by atoms with Gasteiger partial charge in [-0.3, -0.25) is 0 Å². The van der Waals surface area contributed by atoms with E-state index in [1.807, 2.05) is 12.1 Å². The number of anilines is 1. The fourth-order valence-electron chi connectivity index (χ4n) is 3.53. The van der Waals surface area contributed by atoms with Crippen molar-refractivity contribution in [3.63, 3.8) is 0 Å². The molecule has 0 saturated carbocycles. The van der Waals surface area contributed by atoms with E-state index in [4.69, 9.17) is 0 Å². The van der Waals surface area contributed by atoms with Gasteiger partial charge in [-0.1, -0.05) is 15.9 Å². The van der Waals surface area contributed by atoms with Crippen molar-refractivity contribution < 1.29 is 0 Å². The monoisotopic (exact) mass is 333 g/mol. The number of nitriles is 1. The van der Waals surface area contributed by atoms with Crippen LogP contribution in [0.2, 0.25) is 0 Å². The highest BCUT2D eigenvalue weighted by Crippen LogP contribution is 2.31. The van der Waals surface area contributed by atoms with E-state index in [1.54, 1.807) is 0 Å². The molecule has 2 unspecified atom stereocenters. The molecule has 1 aromatic rings. The van der Waals surface area contributed by atoms with Crippen molar-refractivity contribution in [1.82, 2.24) is 5.32 Å². The average Bonchev–Trinajstić information content (AvgIpc) is 3.01. The summed E-state index contributed by atoms with van der Waals surface area (Å²) in [5, 5.41) is 13.0. The molecule has 0 aromatic heterocycles. The molecule has 2 heterocycles. The molecule has 1 N–H and O–H groups in total. The number of hydrogen-bond donors (Lipinski definition) is 1. The Balaban J connectivity index is 1.79. The van der Waals surface area contributed by atoms with Gasteiger partial charge in [-0.25, -0.2) is 0 Å². The number of hydrogen-bond acceptors (Lipinski definition) is 3. The Morgan fingerprint density at radius 2 is 2.20 bits per heavy atom. The van der Waals surface area contributed by atoms with Crippen molar-refractivity contribution in [2.75, 3.05) is 24.5 Å². The van der Waals surface area contributed by atoms with Gasteiger partial charge in [0.05, 0.1) is 11.3 Å². The molecular formula is C16H20BrN3. The maximum absolute atomic E-state index is 9.31. The molecule has 2 atom stereocenters. The standard InChI is InChI=1S/C16H20BrN3/c17-14-6-5-12(10-18)16(9-14)20-8-2-3-13(11-20)15-4-1-7-19-15/h5-6,9,13,15,19H,1-4,7-8,11H2. The Morgan fingerprint density at radius 1 is 1.30 bits per heavy atom. The van der Waals surface area contributed by atoms with Gasteiger partial charge in [-0.2, -0.15) is 5.26 Å². The summed E-state index contributed by atoms with van der Waals surface area (Å²) in [6.07, 6.45) is 5.15. The summed E-state index contributed by atoms with van der Waals surface area (Å²) in [5.41, 5.74) is 1.87. The third kappa shape index (κ3) is 2.84. The van der Waals surface area contributed by atoms with Crippen LogP contribution in [0.3, 0.4) is 0 Å². The first-order chi connectivity index (χ1) is 9.78. The normalized spacial score (nSPS) is 26.5. The molecule has 0 amide bonds. The maximum atomic E-state index is 9.31. The van der Waals surface area contributed by atoms with E-state index in [-0.39, 0.29) is 0 Å². The molecule has 2 fully saturated rings. The Kier molecular flexibility index (Phi) is 4.28. The van der Waals surface area contributed by atoms with E-state index < -0.39 is 0 Å². The minimum absolute atomic E-state index is 0.676. The highest BCUT2D eigenvalue weighted by Gasteiger charge is 2.29. The summed E-state index contributed by atoms with van der Waals surface area (Å²) in [4.78, 5) is 2.40. The van der Waals surface area contributed by atoms with E-state index in [0.717, 1.165) is 34.7 Å². The number of halogens is 1.